The minimum atomic E-state index is -0.786. The van der Waals surface area contributed by atoms with Gasteiger partial charge in [0.2, 0.25) is 5.91 Å². The molecule has 5 atom stereocenters. The van der Waals surface area contributed by atoms with Crippen molar-refractivity contribution in [2.45, 2.75) is 104 Å². The van der Waals surface area contributed by atoms with Crippen molar-refractivity contribution in [1.29, 1.82) is 0 Å². The first-order valence-electron chi connectivity index (χ1n) is 16.2. The number of hydrogen-bond acceptors (Lipinski definition) is 7. The van der Waals surface area contributed by atoms with Crippen molar-refractivity contribution in [3.8, 4) is 5.75 Å². The largest absolute Gasteiger partial charge is 0.497 e. The first-order valence-corrected chi connectivity index (χ1v) is 16.2. The molecule has 240 valence electrons. The first-order chi connectivity index (χ1) is 20.9. The molecule has 2 bridgehead atoms. The van der Waals surface area contributed by atoms with Crippen LogP contribution in [0.2, 0.25) is 0 Å². The minimum absolute atomic E-state index is 0.0199. The first kappa shape index (κ1) is 32.0. The molecule has 1 aromatic carbocycles. The Morgan fingerprint density at radius 3 is 2.57 bits per heavy atom. The molecule has 0 radical (unpaired) electrons. The molecule has 1 saturated heterocycles. The highest BCUT2D eigenvalue weighted by atomic mass is 16.6. The van der Waals surface area contributed by atoms with Crippen LogP contribution in [0.1, 0.15) is 85.3 Å². The summed E-state index contributed by atoms with van der Waals surface area (Å²) in [5.41, 5.74) is 1.25. The van der Waals surface area contributed by atoms with Crippen molar-refractivity contribution in [2.75, 3.05) is 13.7 Å². The summed E-state index contributed by atoms with van der Waals surface area (Å²) in [7, 11) is 1.59. The predicted molar refractivity (Wildman–Crippen MR) is 167 cm³/mol. The number of aromatic amines is 1. The smallest absolute Gasteiger partial charge is 0.408 e. The van der Waals surface area contributed by atoms with E-state index in [0.717, 1.165) is 50.5 Å². The average Bonchev–Trinajstić information content (AvgIpc) is 3.59. The van der Waals surface area contributed by atoms with Crippen LogP contribution >= 0.6 is 0 Å². The number of unbranched alkanes of at least 4 members (excludes halogenated alkanes) is 2. The predicted octanol–water partition coefficient (Wildman–Crippen LogP) is 5.03. The zero-order valence-electron chi connectivity index (χ0n) is 27.0. The van der Waals surface area contributed by atoms with E-state index in [1.807, 2.05) is 39.8 Å². The third-order valence-electron chi connectivity index (χ3n) is 10.1. The van der Waals surface area contributed by atoms with Crippen LogP contribution in [0.15, 0.2) is 23.0 Å². The number of Topliss-reactive ketones (excluding diaryl/α,β-unsaturated/α-hetero) is 1. The summed E-state index contributed by atoms with van der Waals surface area (Å²) in [5, 5.41) is 2.90. The van der Waals surface area contributed by atoms with Gasteiger partial charge in [0.15, 0.2) is 5.78 Å². The van der Waals surface area contributed by atoms with E-state index in [0.29, 0.717) is 47.7 Å². The number of alkyl carbamates (subject to hydrolysis) is 1. The molecular formula is C34H48N4O6. The fourth-order valence-electron chi connectivity index (χ4n) is 7.68. The molecule has 1 aromatic heterocycles. The van der Waals surface area contributed by atoms with Gasteiger partial charge in [-0.05, 0) is 86.7 Å². The van der Waals surface area contributed by atoms with Gasteiger partial charge < -0.3 is 24.7 Å². The lowest BCUT2D eigenvalue weighted by molar-refractivity contribution is -0.141. The number of aryl methyl sites for hydroxylation is 1. The number of methoxy groups -OCH3 is 1. The molecule has 2 amide bonds. The Labute approximate surface area is 259 Å². The molecule has 1 aliphatic heterocycles. The van der Waals surface area contributed by atoms with Crippen molar-refractivity contribution < 1.29 is 23.9 Å². The molecule has 1 unspecified atom stereocenters. The second-order valence-electron chi connectivity index (χ2n) is 14.3. The molecular weight excluding hydrogens is 560 g/mol. The van der Waals surface area contributed by atoms with Gasteiger partial charge in [-0.1, -0.05) is 40.5 Å². The fourth-order valence-corrected chi connectivity index (χ4v) is 7.68. The van der Waals surface area contributed by atoms with E-state index >= 15 is 0 Å². The van der Waals surface area contributed by atoms with Crippen molar-refractivity contribution in [3.05, 3.63) is 34.2 Å². The normalized spacial score (nSPS) is 26.7. The van der Waals surface area contributed by atoms with E-state index < -0.39 is 23.6 Å². The number of amides is 2. The standard InChI is InChI=1S/C34H48N4O6/c1-19-14-15-38(28(19)20(2)39)32(41)30(34(3,4)5)37-33(42)44-29-22-16-21(17-22)24(29)10-8-7-9-11-26-31(40)36-27-18-23(43-6)12-13-25(27)35-26/h12-13,18-19,21-22,24,28-30H,7-11,14-17H2,1-6H3,(H,36,40)(H,37,42)/t19-,21?,22?,24-,28+,29?,30-/m1/s1. The Morgan fingerprint density at radius 1 is 1.14 bits per heavy atom. The van der Waals surface area contributed by atoms with Crippen LogP contribution in [-0.4, -0.2) is 64.5 Å². The molecule has 3 saturated carbocycles. The number of H-pyrrole nitrogens is 1. The van der Waals surface area contributed by atoms with Crippen molar-refractivity contribution in [1.82, 2.24) is 20.2 Å². The highest BCUT2D eigenvalue weighted by molar-refractivity contribution is 5.92. The van der Waals surface area contributed by atoms with Gasteiger partial charge in [0.25, 0.3) is 5.56 Å². The Bertz CT molecular complexity index is 1440. The Morgan fingerprint density at radius 2 is 1.89 bits per heavy atom. The second-order valence-corrected chi connectivity index (χ2v) is 14.3. The maximum Gasteiger partial charge on any atom is 0.408 e. The van der Waals surface area contributed by atoms with E-state index in [1.165, 1.54) is 6.92 Å². The van der Waals surface area contributed by atoms with E-state index in [4.69, 9.17) is 9.47 Å². The number of ketones is 1. The third-order valence-corrected chi connectivity index (χ3v) is 10.1. The molecule has 10 nitrogen and oxygen atoms in total. The lowest BCUT2D eigenvalue weighted by Crippen LogP contribution is -2.57. The molecule has 0 spiro atoms. The number of carbonyl (C=O) groups is 3. The van der Waals surface area contributed by atoms with Crippen LogP contribution in [0, 0.1) is 29.1 Å². The Balaban J connectivity index is 1.13. The summed E-state index contributed by atoms with van der Waals surface area (Å²) in [5.74, 6) is 1.80. The van der Waals surface area contributed by atoms with Gasteiger partial charge in [-0.25, -0.2) is 9.78 Å². The Kier molecular flexibility index (Phi) is 9.37. The number of rotatable bonds is 11. The molecule has 3 aliphatic carbocycles. The number of ether oxygens (including phenoxy) is 2. The van der Waals surface area contributed by atoms with Crippen LogP contribution in [0.25, 0.3) is 11.0 Å². The number of nitrogens with one attached hydrogen (secondary N) is 2. The van der Waals surface area contributed by atoms with Crippen LogP contribution < -0.4 is 15.6 Å². The van der Waals surface area contributed by atoms with Gasteiger partial charge in [0, 0.05) is 12.6 Å². The molecule has 6 rings (SSSR count). The number of aromatic nitrogens is 2. The van der Waals surface area contributed by atoms with Gasteiger partial charge in [-0.3, -0.25) is 14.4 Å². The lowest BCUT2D eigenvalue weighted by Gasteiger charge is -2.36. The van der Waals surface area contributed by atoms with E-state index in [9.17, 15) is 19.2 Å². The van der Waals surface area contributed by atoms with Gasteiger partial charge >= 0.3 is 6.09 Å². The summed E-state index contributed by atoms with van der Waals surface area (Å²) in [4.78, 5) is 60.9. The molecule has 4 fully saturated rings. The highest BCUT2D eigenvalue weighted by Crippen LogP contribution is 2.55. The van der Waals surface area contributed by atoms with Crippen LogP contribution in [0.4, 0.5) is 4.79 Å². The van der Waals surface area contributed by atoms with Crippen LogP contribution in [0.5, 0.6) is 5.75 Å². The number of fused-ring (bicyclic) bond motifs is 2. The summed E-state index contributed by atoms with van der Waals surface area (Å²) in [6.07, 6.45) is 6.62. The average molecular weight is 609 g/mol. The van der Waals surface area contributed by atoms with Crippen molar-refractivity contribution in [2.24, 2.45) is 29.1 Å². The molecule has 2 N–H and O–H groups in total. The fraction of sp³-hybridized carbons (Fsp3) is 0.676. The Hall–Kier alpha value is -3.43. The third kappa shape index (κ3) is 6.64. The van der Waals surface area contributed by atoms with E-state index in [2.05, 4.69) is 15.3 Å². The summed E-state index contributed by atoms with van der Waals surface area (Å²) in [6.45, 7) is 9.81. The van der Waals surface area contributed by atoms with Crippen molar-refractivity contribution >= 4 is 28.8 Å². The molecule has 44 heavy (non-hydrogen) atoms. The summed E-state index contributed by atoms with van der Waals surface area (Å²) >= 11 is 0. The molecule has 10 heteroatoms. The monoisotopic (exact) mass is 608 g/mol. The quantitative estimate of drug-likeness (QED) is 0.342. The van der Waals surface area contributed by atoms with Gasteiger partial charge in [0.1, 0.15) is 23.6 Å². The number of carbonyl (C=O) groups excluding carboxylic acids is 3. The molecule has 4 aliphatic rings. The number of hydrogen-bond donors (Lipinski definition) is 2. The second kappa shape index (κ2) is 12.9. The molecule has 2 heterocycles. The number of likely N-dealkylation sites (tertiary alicyclic amines) is 1. The maximum atomic E-state index is 13.7. The van der Waals surface area contributed by atoms with Crippen LogP contribution in [-0.2, 0) is 20.7 Å². The van der Waals surface area contributed by atoms with Crippen LogP contribution in [0.3, 0.4) is 0 Å². The SMILES string of the molecule is COc1ccc2nc(CCCCC[C@@H]3C4CC(C4)C3OC(=O)N[C@H](C(=O)N3CC[C@@H](C)[C@H]3C(C)=O)C(C)(C)C)c(=O)[nH]c2c1. The lowest BCUT2D eigenvalue weighted by atomic mass is 9.81. The highest BCUT2D eigenvalue weighted by Gasteiger charge is 2.54. The summed E-state index contributed by atoms with van der Waals surface area (Å²) < 4.78 is 11.3. The molecule has 2 aromatic rings. The van der Waals surface area contributed by atoms with Gasteiger partial charge in [-0.15, -0.1) is 0 Å². The van der Waals surface area contributed by atoms with Gasteiger partial charge in [0.05, 0.1) is 24.2 Å². The number of benzene rings is 1. The maximum absolute atomic E-state index is 13.7. The summed E-state index contributed by atoms with van der Waals surface area (Å²) in [6, 6.07) is 4.23. The zero-order chi connectivity index (χ0) is 31.8. The van der Waals surface area contributed by atoms with Crippen molar-refractivity contribution in [3.63, 3.8) is 0 Å². The van der Waals surface area contributed by atoms with E-state index in [1.54, 1.807) is 18.1 Å². The zero-order valence-corrected chi connectivity index (χ0v) is 27.0. The minimum Gasteiger partial charge on any atom is -0.497 e. The topological polar surface area (TPSA) is 131 Å². The van der Waals surface area contributed by atoms with Gasteiger partial charge in [-0.2, -0.15) is 0 Å². The number of nitrogens with zero attached hydrogens (tertiary/aromatic N) is 2. The van der Waals surface area contributed by atoms with E-state index in [-0.39, 0.29) is 29.3 Å².